The van der Waals surface area contributed by atoms with E-state index in [9.17, 15) is 24.0 Å². The fraction of sp³-hybridized carbons (Fsp3) is 0.737. The lowest BCUT2D eigenvalue weighted by Crippen LogP contribution is -2.46. The third-order valence-electron chi connectivity index (χ3n) is 3.46. The van der Waals surface area contributed by atoms with Crippen molar-refractivity contribution in [3.05, 3.63) is 0 Å². The van der Waals surface area contributed by atoms with Gasteiger partial charge in [0.25, 0.3) is 11.8 Å². The van der Waals surface area contributed by atoms with E-state index >= 15 is 0 Å². The Kier molecular flexibility index (Phi) is 8.16. The van der Waals surface area contributed by atoms with E-state index in [1.807, 2.05) is 0 Å². The van der Waals surface area contributed by atoms with Crippen LogP contribution in [0.15, 0.2) is 0 Å². The zero-order valence-electron chi connectivity index (χ0n) is 17.8. The van der Waals surface area contributed by atoms with Gasteiger partial charge >= 0.3 is 18.0 Å². The van der Waals surface area contributed by atoms with Gasteiger partial charge in [-0.25, -0.2) is 9.59 Å². The topological polar surface area (TPSA) is 128 Å². The number of hydrogen-bond acceptors (Lipinski definition) is 8. The lowest BCUT2D eigenvalue weighted by atomic mass is 10.1. The summed E-state index contributed by atoms with van der Waals surface area (Å²) < 4.78 is 10.3. The molecule has 29 heavy (non-hydrogen) atoms. The Labute approximate surface area is 170 Å². The second kappa shape index (κ2) is 9.71. The molecular weight excluding hydrogens is 384 g/mol. The molecule has 1 heterocycles. The van der Waals surface area contributed by atoms with Crippen molar-refractivity contribution >= 4 is 29.8 Å². The van der Waals surface area contributed by atoms with Gasteiger partial charge in [-0.15, -0.1) is 5.06 Å². The summed E-state index contributed by atoms with van der Waals surface area (Å²) in [6.45, 7) is 10.2. The van der Waals surface area contributed by atoms with Gasteiger partial charge in [0, 0.05) is 19.3 Å². The molecule has 0 aromatic heterocycles. The number of rotatable bonds is 7. The number of alkyl carbamates (subject to hydrolysis) is 1. The lowest BCUT2D eigenvalue weighted by Gasteiger charge is -2.24. The van der Waals surface area contributed by atoms with Crippen molar-refractivity contribution in [2.45, 2.75) is 90.9 Å². The first kappa shape index (κ1) is 24.4. The lowest BCUT2D eigenvalue weighted by molar-refractivity contribution is -0.199. The Bertz CT molecular complexity index is 644. The van der Waals surface area contributed by atoms with Crippen LogP contribution in [0.5, 0.6) is 0 Å². The first-order valence-corrected chi connectivity index (χ1v) is 9.47. The second-order valence-corrected chi connectivity index (χ2v) is 8.67. The van der Waals surface area contributed by atoms with E-state index in [2.05, 4.69) is 5.32 Å². The van der Waals surface area contributed by atoms with Crippen LogP contribution >= 0.6 is 0 Å². The van der Waals surface area contributed by atoms with E-state index in [0.717, 1.165) is 0 Å². The van der Waals surface area contributed by atoms with Gasteiger partial charge in [-0.1, -0.05) is 0 Å². The Balaban J connectivity index is 2.73. The van der Waals surface area contributed by atoms with Crippen LogP contribution in [0, 0.1) is 0 Å². The molecule has 0 unspecified atom stereocenters. The van der Waals surface area contributed by atoms with Crippen LogP contribution in [0.1, 0.15) is 73.6 Å². The third kappa shape index (κ3) is 9.40. The van der Waals surface area contributed by atoms with Gasteiger partial charge in [-0.05, 0) is 54.4 Å². The molecule has 1 saturated heterocycles. The molecule has 0 bridgehead atoms. The first-order valence-electron chi connectivity index (χ1n) is 9.47. The summed E-state index contributed by atoms with van der Waals surface area (Å²) >= 11 is 0. The number of esters is 1. The molecule has 0 aliphatic carbocycles. The molecule has 3 amide bonds. The monoisotopic (exact) mass is 414 g/mol. The molecule has 1 N–H and O–H groups in total. The van der Waals surface area contributed by atoms with Gasteiger partial charge in [-0.3, -0.25) is 14.4 Å². The molecule has 1 aliphatic rings. The number of hydroxylamine groups is 2. The van der Waals surface area contributed by atoms with Crippen LogP contribution < -0.4 is 5.32 Å². The number of nitrogens with one attached hydrogen (secondary N) is 1. The maximum Gasteiger partial charge on any atom is 0.408 e. The van der Waals surface area contributed by atoms with Gasteiger partial charge in [0.2, 0.25) is 0 Å². The highest BCUT2D eigenvalue weighted by atomic mass is 16.7. The number of amides is 3. The minimum absolute atomic E-state index is 0.0125. The molecule has 1 atom stereocenters. The fourth-order valence-corrected chi connectivity index (χ4v) is 2.35. The normalized spacial score (nSPS) is 15.7. The van der Waals surface area contributed by atoms with Crippen molar-refractivity contribution in [3.63, 3.8) is 0 Å². The summed E-state index contributed by atoms with van der Waals surface area (Å²) in [4.78, 5) is 64.5. The molecular formula is C19H30N2O8. The van der Waals surface area contributed by atoms with Crippen molar-refractivity contribution in [3.8, 4) is 0 Å². The van der Waals surface area contributed by atoms with Crippen LogP contribution in [0.4, 0.5) is 4.79 Å². The van der Waals surface area contributed by atoms with Crippen LogP contribution in [-0.4, -0.2) is 52.2 Å². The number of carbonyl (C=O) groups is 5. The first-order chi connectivity index (χ1) is 13.2. The highest BCUT2D eigenvalue weighted by molar-refractivity contribution is 6.01. The molecule has 1 rings (SSSR count). The number of carbonyl (C=O) groups excluding carboxylic acids is 5. The smallest absolute Gasteiger partial charge is 0.408 e. The Morgan fingerprint density at radius 1 is 0.966 bits per heavy atom. The number of ether oxygens (including phenoxy) is 2. The second-order valence-electron chi connectivity index (χ2n) is 8.67. The van der Waals surface area contributed by atoms with E-state index in [-0.39, 0.29) is 32.1 Å². The standard InChI is InChI=1S/C19H30N2O8/c1-18(2,3)27-15(24)9-7-8-12(20-17(26)28-19(4,5)6)16(25)29-21-13(22)10-11-14(21)23/h12H,7-11H2,1-6H3,(H,20,26)/t12-/m0/s1. The molecule has 0 radical (unpaired) electrons. The third-order valence-corrected chi connectivity index (χ3v) is 3.46. The van der Waals surface area contributed by atoms with Gasteiger partial charge in [0.1, 0.15) is 17.2 Å². The molecule has 0 spiro atoms. The van der Waals surface area contributed by atoms with Crippen LogP contribution in [0.3, 0.4) is 0 Å². The van der Waals surface area contributed by atoms with Crippen molar-refractivity contribution in [1.82, 2.24) is 10.4 Å². The van der Waals surface area contributed by atoms with E-state index in [0.29, 0.717) is 5.06 Å². The Morgan fingerprint density at radius 3 is 1.97 bits per heavy atom. The Morgan fingerprint density at radius 2 is 1.48 bits per heavy atom. The van der Waals surface area contributed by atoms with Crippen LogP contribution in [-0.2, 0) is 33.5 Å². The SMILES string of the molecule is CC(C)(C)OC(=O)CCC[C@H](NC(=O)OC(C)(C)C)C(=O)ON1C(=O)CCC1=O. The summed E-state index contributed by atoms with van der Waals surface area (Å²) in [6.07, 6.45) is -0.724. The van der Waals surface area contributed by atoms with E-state index < -0.39 is 47.1 Å². The molecule has 0 saturated carbocycles. The van der Waals surface area contributed by atoms with Crippen molar-refractivity contribution < 1.29 is 38.3 Å². The summed E-state index contributed by atoms with van der Waals surface area (Å²) in [5.41, 5.74) is -1.43. The number of hydrogen-bond donors (Lipinski definition) is 1. The average Bonchev–Trinajstić information content (AvgIpc) is 2.82. The molecule has 1 aliphatic heterocycles. The molecule has 164 valence electrons. The van der Waals surface area contributed by atoms with Gasteiger partial charge in [-0.2, -0.15) is 0 Å². The van der Waals surface area contributed by atoms with Crippen LogP contribution in [0.25, 0.3) is 0 Å². The quantitative estimate of drug-likeness (QED) is 0.495. The van der Waals surface area contributed by atoms with Gasteiger partial charge in [0.05, 0.1) is 0 Å². The highest BCUT2D eigenvalue weighted by Crippen LogP contribution is 2.16. The van der Waals surface area contributed by atoms with E-state index in [4.69, 9.17) is 14.3 Å². The Hall–Kier alpha value is -2.65. The summed E-state index contributed by atoms with van der Waals surface area (Å²) in [5.74, 6) is -2.71. The molecule has 1 fully saturated rings. The van der Waals surface area contributed by atoms with Crippen molar-refractivity contribution in [1.29, 1.82) is 0 Å². The predicted molar refractivity (Wildman–Crippen MR) is 100 cm³/mol. The molecule has 10 heteroatoms. The average molecular weight is 414 g/mol. The molecule has 0 aromatic rings. The van der Waals surface area contributed by atoms with E-state index in [1.165, 1.54) is 0 Å². The highest BCUT2D eigenvalue weighted by Gasteiger charge is 2.35. The summed E-state index contributed by atoms with van der Waals surface area (Å²) in [7, 11) is 0. The maximum atomic E-state index is 12.4. The predicted octanol–water partition coefficient (Wildman–Crippen LogP) is 2.00. The van der Waals surface area contributed by atoms with Crippen molar-refractivity contribution in [2.24, 2.45) is 0 Å². The van der Waals surface area contributed by atoms with E-state index in [1.54, 1.807) is 41.5 Å². The molecule has 0 aromatic carbocycles. The number of nitrogens with zero attached hydrogens (tertiary/aromatic N) is 1. The van der Waals surface area contributed by atoms with Gasteiger partial charge < -0.3 is 19.6 Å². The minimum atomic E-state index is -1.21. The number of imide groups is 1. The summed E-state index contributed by atoms with van der Waals surface area (Å²) in [6, 6.07) is -1.21. The largest absolute Gasteiger partial charge is 0.460 e. The van der Waals surface area contributed by atoms with Crippen molar-refractivity contribution in [2.75, 3.05) is 0 Å². The summed E-state index contributed by atoms with van der Waals surface area (Å²) in [5, 5.41) is 2.76. The maximum absolute atomic E-state index is 12.4. The fourth-order valence-electron chi connectivity index (χ4n) is 2.35. The molecule has 10 nitrogen and oxygen atoms in total. The van der Waals surface area contributed by atoms with Crippen LogP contribution in [0.2, 0.25) is 0 Å². The zero-order chi connectivity index (χ0) is 22.4. The zero-order valence-corrected chi connectivity index (χ0v) is 17.8. The minimum Gasteiger partial charge on any atom is -0.460 e. The van der Waals surface area contributed by atoms with Gasteiger partial charge in [0.15, 0.2) is 0 Å².